The highest BCUT2D eigenvalue weighted by molar-refractivity contribution is 7.89. The van der Waals surface area contributed by atoms with E-state index in [4.69, 9.17) is 0 Å². The third-order valence-corrected chi connectivity index (χ3v) is 8.31. The maximum atomic E-state index is 14.1. The Morgan fingerprint density at radius 2 is 1.94 bits per heavy atom. The number of piperazine rings is 1. The Bertz CT molecular complexity index is 872. The average molecular weight is 455 g/mol. The summed E-state index contributed by atoms with van der Waals surface area (Å²) in [5, 5.41) is 3.02. The lowest BCUT2D eigenvalue weighted by molar-refractivity contribution is -0.126. The second-order valence-electron chi connectivity index (χ2n) is 8.74. The third-order valence-electron chi connectivity index (χ3n) is 6.27. The van der Waals surface area contributed by atoms with Gasteiger partial charge in [-0.3, -0.25) is 4.79 Å². The van der Waals surface area contributed by atoms with E-state index in [1.807, 2.05) is 13.8 Å². The molecular weight excluding hydrogens is 419 g/mol. The van der Waals surface area contributed by atoms with Gasteiger partial charge in [0, 0.05) is 50.5 Å². The number of nitrogens with one attached hydrogen (secondary N) is 1. The number of piperidine rings is 1. The molecule has 7 nitrogen and oxygen atoms in total. The molecule has 31 heavy (non-hydrogen) atoms. The predicted molar refractivity (Wildman–Crippen MR) is 121 cm³/mol. The minimum Gasteiger partial charge on any atom is -0.369 e. The number of hydrogen-bond donors (Lipinski definition) is 1. The fourth-order valence-electron chi connectivity index (χ4n) is 4.41. The summed E-state index contributed by atoms with van der Waals surface area (Å²) in [7, 11) is -1.24. The second-order valence-corrected chi connectivity index (χ2v) is 10.8. The number of carbonyl (C=O) groups is 1. The standard InChI is InChI=1S/C22H35FN4O3S/c1-4-14-31(29,30)27-9-5-6-18(16-27)22(28)24-17(2)20-15-19(23)7-8-21(20)26-12-10-25(3)11-13-26/h7-8,15,17-18H,4-6,9-14,16H2,1-3H3,(H,24,28). The first-order chi connectivity index (χ1) is 14.7. The number of likely N-dealkylation sites (N-methyl/N-ethyl adjacent to an activating group) is 1. The predicted octanol–water partition coefficient (Wildman–Crippen LogP) is 2.21. The largest absolute Gasteiger partial charge is 0.369 e. The zero-order valence-electron chi connectivity index (χ0n) is 18.8. The maximum absolute atomic E-state index is 14.1. The van der Waals surface area contributed by atoms with E-state index in [1.54, 1.807) is 6.07 Å². The molecule has 0 saturated carbocycles. The highest BCUT2D eigenvalue weighted by Gasteiger charge is 2.32. The summed E-state index contributed by atoms with van der Waals surface area (Å²) in [6.45, 7) is 7.95. The lowest BCUT2D eigenvalue weighted by Crippen LogP contribution is -2.47. The lowest BCUT2D eigenvalue weighted by atomic mass is 9.97. The molecule has 1 N–H and O–H groups in total. The van der Waals surface area contributed by atoms with Crippen molar-refractivity contribution in [1.82, 2.24) is 14.5 Å². The normalized spacial score (nSPS) is 22.3. The van der Waals surface area contributed by atoms with Gasteiger partial charge in [0.15, 0.2) is 0 Å². The molecule has 2 heterocycles. The van der Waals surface area contributed by atoms with Gasteiger partial charge >= 0.3 is 0 Å². The summed E-state index contributed by atoms with van der Waals surface area (Å²) >= 11 is 0. The van der Waals surface area contributed by atoms with Crippen LogP contribution in [0.25, 0.3) is 0 Å². The Morgan fingerprint density at radius 1 is 1.23 bits per heavy atom. The van der Waals surface area contributed by atoms with Crippen LogP contribution in [0.1, 0.15) is 44.7 Å². The summed E-state index contributed by atoms with van der Waals surface area (Å²) < 4.78 is 40.4. The van der Waals surface area contributed by atoms with Gasteiger partial charge in [-0.05, 0) is 51.4 Å². The van der Waals surface area contributed by atoms with Crippen molar-refractivity contribution >= 4 is 21.6 Å². The highest BCUT2D eigenvalue weighted by atomic mass is 32.2. The fourth-order valence-corrected chi connectivity index (χ4v) is 6.00. The summed E-state index contributed by atoms with van der Waals surface area (Å²) in [4.78, 5) is 17.5. The van der Waals surface area contributed by atoms with Crippen molar-refractivity contribution < 1.29 is 17.6 Å². The van der Waals surface area contributed by atoms with E-state index in [0.29, 0.717) is 25.8 Å². The van der Waals surface area contributed by atoms with Gasteiger partial charge in [0.05, 0.1) is 17.7 Å². The van der Waals surface area contributed by atoms with E-state index in [9.17, 15) is 17.6 Å². The maximum Gasteiger partial charge on any atom is 0.224 e. The van der Waals surface area contributed by atoms with Gasteiger partial charge in [-0.15, -0.1) is 0 Å². The van der Waals surface area contributed by atoms with Crippen molar-refractivity contribution in [3.05, 3.63) is 29.6 Å². The average Bonchev–Trinajstić information content (AvgIpc) is 2.74. The zero-order chi connectivity index (χ0) is 22.6. The van der Waals surface area contributed by atoms with Crippen molar-refractivity contribution in [2.45, 2.75) is 39.2 Å². The van der Waals surface area contributed by atoms with Gasteiger partial charge in [-0.1, -0.05) is 6.92 Å². The Hall–Kier alpha value is -1.71. The molecule has 1 aromatic rings. The molecular formula is C22H35FN4O3S. The van der Waals surface area contributed by atoms with Crippen LogP contribution in [-0.2, 0) is 14.8 Å². The molecule has 2 aliphatic heterocycles. The SMILES string of the molecule is CCCS(=O)(=O)N1CCCC(C(=O)NC(C)c2cc(F)ccc2N2CCN(C)CC2)C1. The molecule has 2 unspecified atom stereocenters. The molecule has 0 spiro atoms. The van der Waals surface area contributed by atoms with Crippen molar-refractivity contribution in [3.8, 4) is 0 Å². The van der Waals surface area contributed by atoms with Gasteiger partial charge in [-0.2, -0.15) is 0 Å². The van der Waals surface area contributed by atoms with E-state index >= 15 is 0 Å². The van der Waals surface area contributed by atoms with Crippen LogP contribution < -0.4 is 10.2 Å². The van der Waals surface area contributed by atoms with Gasteiger partial charge in [0.25, 0.3) is 0 Å². The minimum absolute atomic E-state index is 0.107. The molecule has 0 aromatic heterocycles. The first kappa shape index (κ1) is 23.9. The van der Waals surface area contributed by atoms with E-state index in [2.05, 4.69) is 22.2 Å². The Kier molecular flexibility index (Phi) is 7.93. The van der Waals surface area contributed by atoms with Crippen molar-refractivity contribution in [1.29, 1.82) is 0 Å². The summed E-state index contributed by atoms with van der Waals surface area (Å²) in [5.74, 6) is -0.778. The molecule has 174 valence electrons. The number of amides is 1. The van der Waals surface area contributed by atoms with Crippen LogP contribution in [0.3, 0.4) is 0 Å². The molecule has 0 radical (unpaired) electrons. The summed E-state index contributed by atoms with van der Waals surface area (Å²) in [5.41, 5.74) is 1.70. The molecule has 1 amide bonds. The summed E-state index contributed by atoms with van der Waals surface area (Å²) in [6, 6.07) is 4.37. The monoisotopic (exact) mass is 454 g/mol. The number of carbonyl (C=O) groups excluding carboxylic acids is 1. The molecule has 2 fully saturated rings. The number of anilines is 1. The first-order valence-electron chi connectivity index (χ1n) is 11.2. The molecule has 2 saturated heterocycles. The number of benzene rings is 1. The number of hydrogen-bond acceptors (Lipinski definition) is 5. The minimum atomic E-state index is -3.32. The van der Waals surface area contributed by atoms with Crippen molar-refractivity contribution in [2.75, 3.05) is 57.0 Å². The van der Waals surface area contributed by atoms with Crippen molar-refractivity contribution in [3.63, 3.8) is 0 Å². The number of sulfonamides is 1. The van der Waals surface area contributed by atoms with E-state index in [-0.39, 0.29) is 36.0 Å². The smallest absolute Gasteiger partial charge is 0.224 e. The van der Waals surface area contributed by atoms with Crippen LogP contribution in [0.5, 0.6) is 0 Å². The third kappa shape index (κ3) is 5.96. The molecule has 0 aliphatic carbocycles. The van der Waals surface area contributed by atoms with E-state index in [1.165, 1.54) is 16.4 Å². The zero-order valence-corrected chi connectivity index (χ0v) is 19.6. The summed E-state index contributed by atoms with van der Waals surface area (Å²) in [6.07, 6.45) is 1.88. The van der Waals surface area contributed by atoms with E-state index in [0.717, 1.165) is 37.4 Å². The van der Waals surface area contributed by atoms with Gasteiger partial charge in [0.1, 0.15) is 5.82 Å². The fraction of sp³-hybridized carbons (Fsp3) is 0.682. The van der Waals surface area contributed by atoms with Crippen LogP contribution in [0.15, 0.2) is 18.2 Å². The van der Waals surface area contributed by atoms with Crippen LogP contribution >= 0.6 is 0 Å². The van der Waals surface area contributed by atoms with Crippen LogP contribution in [0.2, 0.25) is 0 Å². The van der Waals surface area contributed by atoms with Crippen LogP contribution in [0, 0.1) is 11.7 Å². The molecule has 9 heteroatoms. The van der Waals surface area contributed by atoms with Gasteiger partial charge < -0.3 is 15.1 Å². The number of halogens is 1. The van der Waals surface area contributed by atoms with Gasteiger partial charge in [0.2, 0.25) is 15.9 Å². The number of rotatable bonds is 7. The van der Waals surface area contributed by atoms with Crippen LogP contribution in [0.4, 0.5) is 10.1 Å². The highest BCUT2D eigenvalue weighted by Crippen LogP contribution is 2.29. The molecule has 3 rings (SSSR count). The second kappa shape index (κ2) is 10.3. The van der Waals surface area contributed by atoms with E-state index < -0.39 is 10.0 Å². The molecule has 0 bridgehead atoms. The van der Waals surface area contributed by atoms with Crippen molar-refractivity contribution in [2.24, 2.45) is 5.92 Å². The topological polar surface area (TPSA) is 73.0 Å². The van der Waals surface area contributed by atoms with Crippen LogP contribution in [-0.4, -0.2) is 75.6 Å². The molecule has 2 atom stereocenters. The Labute approximate surface area is 185 Å². The Morgan fingerprint density at radius 3 is 2.61 bits per heavy atom. The quantitative estimate of drug-likeness (QED) is 0.684. The van der Waals surface area contributed by atoms with Gasteiger partial charge in [-0.25, -0.2) is 17.1 Å². The number of nitrogens with zero attached hydrogens (tertiary/aromatic N) is 3. The Balaban J connectivity index is 1.70. The first-order valence-corrected chi connectivity index (χ1v) is 12.8. The molecule has 2 aliphatic rings. The molecule has 1 aromatic carbocycles. The lowest BCUT2D eigenvalue weighted by Gasteiger charge is -2.36.